The second-order valence-electron chi connectivity index (χ2n) is 3.98. The fourth-order valence-corrected chi connectivity index (χ4v) is 2.20. The van der Waals surface area contributed by atoms with Gasteiger partial charge in [0.05, 0.1) is 0 Å². The first-order valence-electron chi connectivity index (χ1n) is 5.52. The van der Waals surface area contributed by atoms with Gasteiger partial charge in [-0.3, -0.25) is 0 Å². The number of rotatable bonds is 1. The van der Waals surface area contributed by atoms with Crippen molar-refractivity contribution in [2.24, 2.45) is 0 Å². The van der Waals surface area contributed by atoms with Crippen molar-refractivity contribution in [3.8, 4) is 0 Å². The molecule has 0 N–H and O–H groups in total. The topological polar surface area (TPSA) is 9.23 Å². The van der Waals surface area contributed by atoms with Gasteiger partial charge in [-0.15, -0.1) is 0 Å². The van der Waals surface area contributed by atoms with Crippen LogP contribution >= 0.6 is 11.6 Å². The number of hydrogen-bond donors (Lipinski definition) is 0. The fourth-order valence-electron chi connectivity index (χ4n) is 2.00. The largest absolute Gasteiger partial charge is 0.489 e. The third-order valence-electron chi connectivity index (χ3n) is 2.78. The van der Waals surface area contributed by atoms with Crippen molar-refractivity contribution < 1.29 is 4.74 Å². The molecule has 17 heavy (non-hydrogen) atoms. The molecule has 1 aliphatic heterocycles. The predicted octanol–water partition coefficient (Wildman–Crippen LogP) is 4.13. The van der Waals surface area contributed by atoms with Crippen LogP contribution in [0.4, 0.5) is 0 Å². The van der Waals surface area contributed by atoms with Gasteiger partial charge < -0.3 is 4.74 Å². The highest BCUT2D eigenvalue weighted by Gasteiger charge is 2.15. The lowest BCUT2D eigenvalue weighted by molar-refractivity contribution is 0.256. The van der Waals surface area contributed by atoms with Gasteiger partial charge in [0.1, 0.15) is 12.4 Å². The molecule has 0 saturated carbocycles. The summed E-state index contributed by atoms with van der Waals surface area (Å²) in [4.78, 5) is 0. The van der Waals surface area contributed by atoms with E-state index in [1.807, 2.05) is 36.4 Å². The normalized spacial score (nSPS) is 19.7. The molecule has 84 valence electrons. The van der Waals surface area contributed by atoms with Crippen LogP contribution in [0.5, 0.6) is 0 Å². The minimum Gasteiger partial charge on any atom is -0.489 e. The maximum atomic E-state index is 5.97. The molecule has 1 heterocycles. The van der Waals surface area contributed by atoms with Crippen LogP contribution in [0.25, 0.3) is 6.08 Å². The summed E-state index contributed by atoms with van der Waals surface area (Å²) in [7, 11) is 0. The molecule has 0 bridgehead atoms. The van der Waals surface area contributed by atoms with Crippen LogP contribution in [0.1, 0.15) is 5.56 Å². The van der Waals surface area contributed by atoms with Gasteiger partial charge in [-0.25, -0.2) is 0 Å². The van der Waals surface area contributed by atoms with Crippen molar-refractivity contribution in [3.63, 3.8) is 0 Å². The van der Waals surface area contributed by atoms with Gasteiger partial charge in [0.15, 0.2) is 0 Å². The summed E-state index contributed by atoms with van der Waals surface area (Å²) in [6.45, 7) is 0.660. The van der Waals surface area contributed by atoms with Gasteiger partial charge in [0.25, 0.3) is 0 Å². The molecule has 0 radical (unpaired) electrons. The van der Waals surface area contributed by atoms with E-state index in [1.54, 1.807) is 0 Å². The van der Waals surface area contributed by atoms with E-state index in [1.165, 1.54) is 5.57 Å². The minimum absolute atomic E-state index is 0.660. The first kappa shape index (κ1) is 10.4. The molecule has 0 unspecified atom stereocenters. The van der Waals surface area contributed by atoms with Crippen molar-refractivity contribution in [3.05, 3.63) is 76.1 Å². The lowest BCUT2D eigenvalue weighted by atomic mass is 10.0. The lowest BCUT2D eigenvalue weighted by Crippen LogP contribution is -1.97. The van der Waals surface area contributed by atoms with Crippen molar-refractivity contribution in [1.29, 1.82) is 0 Å². The van der Waals surface area contributed by atoms with Crippen LogP contribution in [0.3, 0.4) is 0 Å². The molecule has 1 aromatic carbocycles. The number of halogens is 1. The summed E-state index contributed by atoms with van der Waals surface area (Å²) in [5.74, 6) is 0.959. The minimum atomic E-state index is 0.660. The highest BCUT2D eigenvalue weighted by atomic mass is 35.5. The molecule has 2 heteroatoms. The van der Waals surface area contributed by atoms with Gasteiger partial charge in [0.2, 0.25) is 0 Å². The first-order chi connectivity index (χ1) is 8.33. The Hall–Kier alpha value is -1.73. The molecule has 0 aromatic heterocycles. The summed E-state index contributed by atoms with van der Waals surface area (Å²) >= 11 is 5.97. The molecule has 0 saturated heterocycles. The highest BCUT2D eigenvalue weighted by Crippen LogP contribution is 2.30. The van der Waals surface area contributed by atoms with E-state index in [4.69, 9.17) is 16.3 Å². The first-order valence-corrected chi connectivity index (χ1v) is 5.90. The molecule has 0 amide bonds. The Labute approximate surface area is 105 Å². The molecule has 3 rings (SSSR count). The Kier molecular flexibility index (Phi) is 2.62. The van der Waals surface area contributed by atoms with E-state index >= 15 is 0 Å². The maximum absolute atomic E-state index is 5.97. The molecule has 0 fully saturated rings. The standard InChI is InChI=1S/C15H11ClO/c16-13-4-1-3-11(10-13)9-12-6-7-15-14(12)5-2-8-17-15/h1-7,9-10H,8H2. The van der Waals surface area contributed by atoms with Crippen molar-refractivity contribution in [1.82, 2.24) is 0 Å². The highest BCUT2D eigenvalue weighted by molar-refractivity contribution is 6.30. The summed E-state index contributed by atoms with van der Waals surface area (Å²) in [6.07, 6.45) is 10.3. The van der Waals surface area contributed by atoms with Gasteiger partial charge in [-0.2, -0.15) is 0 Å². The van der Waals surface area contributed by atoms with E-state index in [0.29, 0.717) is 6.61 Å². The summed E-state index contributed by atoms with van der Waals surface area (Å²) in [5.41, 5.74) is 3.42. The van der Waals surface area contributed by atoms with Crippen LogP contribution < -0.4 is 0 Å². The van der Waals surface area contributed by atoms with Gasteiger partial charge in [-0.1, -0.05) is 35.9 Å². The Bertz CT molecular complexity index is 576. The molecular formula is C15H11ClO. The van der Waals surface area contributed by atoms with Crippen molar-refractivity contribution in [2.75, 3.05) is 6.61 Å². The Morgan fingerprint density at radius 2 is 2.12 bits per heavy atom. The van der Waals surface area contributed by atoms with Crippen LogP contribution in [0.15, 0.2) is 65.5 Å². The number of ether oxygens (including phenoxy) is 1. The van der Waals surface area contributed by atoms with Crippen molar-refractivity contribution >= 4 is 17.7 Å². The van der Waals surface area contributed by atoms with E-state index in [-0.39, 0.29) is 0 Å². The zero-order chi connectivity index (χ0) is 11.7. The zero-order valence-corrected chi connectivity index (χ0v) is 9.95. The lowest BCUT2D eigenvalue weighted by Gasteiger charge is -2.10. The van der Waals surface area contributed by atoms with Crippen LogP contribution in [0.2, 0.25) is 5.02 Å². The summed E-state index contributed by atoms with van der Waals surface area (Å²) < 4.78 is 5.53. The zero-order valence-electron chi connectivity index (χ0n) is 9.19. The van der Waals surface area contributed by atoms with Crippen LogP contribution in [0, 0.1) is 0 Å². The molecule has 1 aliphatic carbocycles. The SMILES string of the molecule is Clc1cccc(C=C2C=CC3=C2C=CCO3)c1. The summed E-state index contributed by atoms with van der Waals surface area (Å²) in [6, 6.07) is 7.82. The van der Waals surface area contributed by atoms with Gasteiger partial charge in [0, 0.05) is 10.6 Å². The Morgan fingerprint density at radius 1 is 1.18 bits per heavy atom. The number of allylic oxidation sites excluding steroid dienone is 5. The summed E-state index contributed by atoms with van der Waals surface area (Å²) in [5, 5.41) is 0.756. The molecule has 1 nitrogen and oxygen atoms in total. The van der Waals surface area contributed by atoms with Gasteiger partial charge in [-0.05, 0) is 41.5 Å². The average molecular weight is 243 g/mol. The smallest absolute Gasteiger partial charge is 0.127 e. The maximum Gasteiger partial charge on any atom is 0.127 e. The van der Waals surface area contributed by atoms with E-state index in [0.717, 1.165) is 21.9 Å². The fraction of sp³-hybridized carbons (Fsp3) is 0.0667. The third-order valence-corrected chi connectivity index (χ3v) is 3.02. The average Bonchev–Trinajstić information content (AvgIpc) is 2.73. The molecule has 1 aromatic rings. The van der Waals surface area contributed by atoms with Gasteiger partial charge >= 0.3 is 0 Å². The molecule has 0 spiro atoms. The molecule has 2 aliphatic rings. The van der Waals surface area contributed by atoms with Crippen LogP contribution in [-0.4, -0.2) is 6.61 Å². The second-order valence-corrected chi connectivity index (χ2v) is 4.42. The predicted molar refractivity (Wildman–Crippen MR) is 70.7 cm³/mol. The Morgan fingerprint density at radius 3 is 3.00 bits per heavy atom. The van der Waals surface area contributed by atoms with E-state index in [9.17, 15) is 0 Å². The quantitative estimate of drug-likeness (QED) is 0.719. The number of benzene rings is 1. The van der Waals surface area contributed by atoms with Crippen molar-refractivity contribution in [2.45, 2.75) is 0 Å². The van der Waals surface area contributed by atoms with E-state index < -0.39 is 0 Å². The third kappa shape index (κ3) is 2.06. The molecular weight excluding hydrogens is 232 g/mol. The van der Waals surface area contributed by atoms with E-state index in [2.05, 4.69) is 18.2 Å². The van der Waals surface area contributed by atoms with Crippen LogP contribution in [-0.2, 0) is 4.74 Å². The second kappa shape index (κ2) is 4.27. The number of hydrogen-bond acceptors (Lipinski definition) is 1. The molecule has 0 atom stereocenters. The monoisotopic (exact) mass is 242 g/mol. The Balaban J connectivity index is 1.98.